The molecule has 0 radical (unpaired) electrons. The maximum Gasteiger partial charge on any atom is 0.135 e. The van der Waals surface area contributed by atoms with Gasteiger partial charge in [-0.05, 0) is 100 Å². The van der Waals surface area contributed by atoms with Crippen LogP contribution in [0.4, 0.5) is 0 Å². The molecule has 0 saturated heterocycles. The van der Waals surface area contributed by atoms with Gasteiger partial charge in [0.05, 0.1) is 0 Å². The van der Waals surface area contributed by atoms with E-state index in [4.69, 9.17) is 4.74 Å². The van der Waals surface area contributed by atoms with Gasteiger partial charge in [-0.15, -0.1) is 0 Å². The minimum atomic E-state index is -0.127. The molecule has 60 heavy (non-hydrogen) atoms. The van der Waals surface area contributed by atoms with E-state index in [-0.39, 0.29) is 28.8 Å². The van der Waals surface area contributed by atoms with Gasteiger partial charge in [-0.1, -0.05) is 204 Å². The molecule has 0 fully saturated rings. The predicted molar refractivity (Wildman–Crippen MR) is 247 cm³/mol. The molecule has 1 heteroatoms. The largest absolute Gasteiger partial charge is 0.484 e. The summed E-state index contributed by atoms with van der Waals surface area (Å²) in [6, 6.07) is 68.1. The maximum atomic E-state index is 7.29. The van der Waals surface area contributed by atoms with Crippen LogP contribution in [-0.4, -0.2) is 6.10 Å². The van der Waals surface area contributed by atoms with E-state index >= 15 is 0 Å². The Hall–Kier alpha value is -6.70. The van der Waals surface area contributed by atoms with Gasteiger partial charge < -0.3 is 4.74 Å². The summed E-state index contributed by atoms with van der Waals surface area (Å²) in [6.45, 7) is 9.49. The number of hydrogen-bond donors (Lipinski definition) is 0. The molecular formula is C59H46O. The molecule has 8 aromatic rings. The smallest absolute Gasteiger partial charge is 0.135 e. The molecule has 3 unspecified atom stereocenters. The number of fused-ring (bicyclic) bond motifs is 10. The summed E-state index contributed by atoms with van der Waals surface area (Å²) in [5.41, 5.74) is 20.8. The molecule has 3 aliphatic carbocycles. The zero-order valence-corrected chi connectivity index (χ0v) is 34.5. The third kappa shape index (κ3) is 5.11. The number of ether oxygens (including phenoxy) is 1. The second-order valence-corrected chi connectivity index (χ2v) is 18.4. The van der Waals surface area contributed by atoms with E-state index in [1.807, 2.05) is 0 Å². The first-order chi connectivity index (χ1) is 29.3. The first-order valence-electron chi connectivity index (χ1n) is 21.5. The monoisotopic (exact) mass is 770 g/mol. The molecule has 1 heterocycles. The Morgan fingerprint density at radius 2 is 0.967 bits per heavy atom. The third-order valence-corrected chi connectivity index (χ3v) is 14.4. The van der Waals surface area contributed by atoms with Crippen LogP contribution >= 0.6 is 0 Å². The van der Waals surface area contributed by atoms with Gasteiger partial charge in [-0.2, -0.15) is 0 Å². The van der Waals surface area contributed by atoms with Crippen LogP contribution in [0.2, 0.25) is 0 Å². The molecule has 0 aromatic heterocycles. The highest BCUT2D eigenvalue weighted by molar-refractivity contribution is 5.85. The molecule has 1 aliphatic heterocycles. The van der Waals surface area contributed by atoms with Crippen LogP contribution in [-0.2, 0) is 10.8 Å². The van der Waals surface area contributed by atoms with Gasteiger partial charge in [-0.3, -0.25) is 0 Å². The average molecular weight is 771 g/mol. The lowest BCUT2D eigenvalue weighted by molar-refractivity contribution is 0.281. The lowest BCUT2D eigenvalue weighted by Crippen LogP contribution is -2.39. The summed E-state index contributed by atoms with van der Waals surface area (Å²) < 4.78 is 7.29. The van der Waals surface area contributed by atoms with Crippen molar-refractivity contribution in [1.82, 2.24) is 0 Å². The van der Waals surface area contributed by atoms with E-state index < -0.39 is 0 Å². The molecule has 4 aliphatic rings. The highest BCUT2D eigenvalue weighted by Gasteiger charge is 2.41. The normalized spacial score (nSPS) is 18.4. The van der Waals surface area contributed by atoms with Crippen molar-refractivity contribution in [3.63, 3.8) is 0 Å². The number of benzene rings is 8. The van der Waals surface area contributed by atoms with Gasteiger partial charge in [0.2, 0.25) is 0 Å². The topological polar surface area (TPSA) is 9.23 Å². The molecule has 0 N–H and O–H groups in total. The molecule has 0 spiro atoms. The molecule has 288 valence electrons. The summed E-state index contributed by atoms with van der Waals surface area (Å²) in [5.74, 6) is 1.11. The molecule has 1 nitrogen and oxygen atoms in total. The van der Waals surface area contributed by atoms with Crippen molar-refractivity contribution in [3.05, 3.63) is 242 Å². The lowest BCUT2D eigenvalue weighted by atomic mass is 9.78. The first-order valence-corrected chi connectivity index (χ1v) is 21.5. The van der Waals surface area contributed by atoms with Crippen LogP contribution in [0.1, 0.15) is 89.6 Å². The van der Waals surface area contributed by atoms with E-state index in [9.17, 15) is 0 Å². The van der Waals surface area contributed by atoms with Gasteiger partial charge in [0, 0.05) is 33.8 Å². The summed E-state index contributed by atoms with van der Waals surface area (Å²) in [4.78, 5) is 0. The first kappa shape index (κ1) is 35.3. The van der Waals surface area contributed by atoms with Crippen LogP contribution in [0, 0.1) is 0 Å². The van der Waals surface area contributed by atoms with Gasteiger partial charge in [0.25, 0.3) is 0 Å². The van der Waals surface area contributed by atoms with Gasteiger partial charge in [0.15, 0.2) is 0 Å². The number of rotatable bonds is 5. The van der Waals surface area contributed by atoms with Crippen LogP contribution in [0.5, 0.6) is 5.75 Å². The van der Waals surface area contributed by atoms with E-state index in [0.717, 1.165) is 5.75 Å². The fourth-order valence-corrected chi connectivity index (χ4v) is 11.3. The van der Waals surface area contributed by atoms with Crippen LogP contribution in [0.3, 0.4) is 0 Å². The molecule has 0 saturated carbocycles. The Morgan fingerprint density at radius 3 is 1.70 bits per heavy atom. The highest BCUT2D eigenvalue weighted by Crippen LogP contribution is 2.53. The Labute approximate surface area is 353 Å². The Balaban J connectivity index is 0.976. The Bertz CT molecular complexity index is 3180. The zero-order valence-electron chi connectivity index (χ0n) is 34.5. The number of hydrogen-bond acceptors (Lipinski definition) is 1. The lowest BCUT2D eigenvalue weighted by Gasteiger charge is -2.26. The van der Waals surface area contributed by atoms with Crippen molar-refractivity contribution in [1.29, 1.82) is 0 Å². The summed E-state index contributed by atoms with van der Waals surface area (Å²) in [5, 5.41) is 2.54. The quantitative estimate of drug-likeness (QED) is 0.158. The van der Waals surface area contributed by atoms with Crippen LogP contribution < -0.4 is 15.2 Å². The predicted octanol–water partition coefficient (Wildman–Crippen LogP) is 12.7. The molecule has 0 amide bonds. The zero-order chi connectivity index (χ0) is 40.3. The summed E-state index contributed by atoms with van der Waals surface area (Å²) in [7, 11) is 0. The van der Waals surface area contributed by atoms with Crippen molar-refractivity contribution in [2.45, 2.75) is 56.5 Å². The second-order valence-electron chi connectivity index (χ2n) is 18.4. The van der Waals surface area contributed by atoms with E-state index in [0.29, 0.717) is 0 Å². The van der Waals surface area contributed by atoms with Crippen LogP contribution in [0.15, 0.2) is 182 Å². The standard InChI is InChI=1S/C59H46O/c1-58(2)50-20-12-10-18-44(50)46-29-26-40(33-52(46)58)55(38-24-22-37(23-25-38)36-14-6-5-7-15-36)42-28-31-48-49-32-39-16-8-9-17-43(39)56(57(49)60-54(48)35-42)41-27-30-47-45-19-11-13-21-51(45)59(3,4)53(47)34-41/h5-35,49,55,57H,1-4H3. The fraction of sp³-hybridized carbons (Fsp3) is 0.153. The molecular weight excluding hydrogens is 725 g/mol. The van der Waals surface area contributed by atoms with Gasteiger partial charge in [-0.25, -0.2) is 0 Å². The SMILES string of the molecule is CC1(C)c2ccccc2-c2ccc(C3=c4ccccc4=CC4c5ccc(C(c6ccc(-c7ccccc7)cc6)c6ccc7c(c6)C(C)(C)c6ccccc6-7)cc5OC34)cc21. The molecule has 0 bridgehead atoms. The van der Waals surface area contributed by atoms with E-state index in [1.54, 1.807) is 0 Å². The van der Waals surface area contributed by atoms with Crippen molar-refractivity contribution in [2.24, 2.45) is 0 Å². The molecule has 12 rings (SSSR count). The second kappa shape index (κ2) is 12.9. The van der Waals surface area contributed by atoms with Crippen molar-refractivity contribution in [2.75, 3.05) is 0 Å². The van der Waals surface area contributed by atoms with Crippen LogP contribution in [0.25, 0.3) is 45.0 Å². The third-order valence-electron chi connectivity index (χ3n) is 14.4. The van der Waals surface area contributed by atoms with Gasteiger partial charge >= 0.3 is 0 Å². The Morgan fingerprint density at radius 1 is 0.433 bits per heavy atom. The van der Waals surface area contributed by atoms with Crippen molar-refractivity contribution in [3.8, 4) is 39.1 Å². The fourth-order valence-electron chi connectivity index (χ4n) is 11.3. The Kier molecular flexibility index (Phi) is 7.58. The van der Waals surface area contributed by atoms with E-state index in [1.165, 1.54) is 99.5 Å². The summed E-state index contributed by atoms with van der Waals surface area (Å²) in [6.07, 6.45) is 2.32. The summed E-state index contributed by atoms with van der Waals surface area (Å²) >= 11 is 0. The maximum absolute atomic E-state index is 7.29. The molecule has 3 atom stereocenters. The minimum Gasteiger partial charge on any atom is -0.484 e. The highest BCUT2D eigenvalue weighted by atomic mass is 16.5. The van der Waals surface area contributed by atoms with E-state index in [2.05, 4.69) is 216 Å². The average Bonchev–Trinajstić information content (AvgIpc) is 3.84. The molecule has 8 aromatic carbocycles. The minimum absolute atomic E-state index is 0.0152. The van der Waals surface area contributed by atoms with Crippen molar-refractivity contribution >= 4 is 11.6 Å². The van der Waals surface area contributed by atoms with Crippen molar-refractivity contribution < 1.29 is 4.74 Å². The van der Waals surface area contributed by atoms with Gasteiger partial charge in [0.1, 0.15) is 11.9 Å².